The van der Waals surface area contributed by atoms with Crippen LogP contribution in [0.4, 0.5) is 30.7 Å². The van der Waals surface area contributed by atoms with Gasteiger partial charge in [0.05, 0.1) is 32.5 Å². The number of benzene rings is 3. The number of hydrogen-bond acceptors (Lipinski definition) is 16. The first-order valence-electron chi connectivity index (χ1n) is 24.6. The van der Waals surface area contributed by atoms with Crippen molar-refractivity contribution in [2.75, 3.05) is 25.9 Å². The van der Waals surface area contributed by atoms with Gasteiger partial charge in [-0.15, -0.1) is 29.3 Å². The summed E-state index contributed by atoms with van der Waals surface area (Å²) < 4.78 is 118. The molecule has 3 aromatic carbocycles. The van der Waals surface area contributed by atoms with E-state index in [0.717, 1.165) is 29.7 Å². The van der Waals surface area contributed by atoms with E-state index in [2.05, 4.69) is 42.7 Å². The molecule has 5 heterocycles. The number of carboxylic acids is 1. The Morgan fingerprint density at radius 1 is 0.738 bits per heavy atom. The predicted molar refractivity (Wildman–Crippen MR) is 276 cm³/mol. The van der Waals surface area contributed by atoms with Crippen molar-refractivity contribution in [1.29, 1.82) is 0 Å². The molecule has 1 radical (unpaired) electrons. The second-order valence-corrected chi connectivity index (χ2v) is 19.0. The topological polar surface area (TPSA) is 291 Å². The molecule has 8 rings (SSSR count). The number of nitrogens with one attached hydrogen (secondary N) is 2. The van der Waals surface area contributed by atoms with Crippen LogP contribution in [-0.2, 0) is 63.8 Å². The molecule has 5 amide bonds. The molecule has 1 atom stereocenters. The van der Waals surface area contributed by atoms with Gasteiger partial charge in [0.2, 0.25) is 11.8 Å². The molecule has 4 aromatic heterocycles. The SMILES string of the molecule is CN(CCNC(=O)C(CS(=O)(=O)[O-])NC(=O)c1ccnc2c1ccc1cccnc12)C(=O)CCCCCCC(=O)ON1C(=O)CCC1=O.Fc1c[c-]c(-c2ccccn2)c(F)c1.Fc1c[c-]c(-c2ccccn2)c(F)c1.O=C([O-])C(F)(F)F.[Ir]. The second kappa shape index (κ2) is 32.3. The number of rotatable bonds is 18. The Bertz CT molecular complexity index is 3460. The van der Waals surface area contributed by atoms with Crippen LogP contribution >= 0.6 is 0 Å². The minimum absolute atomic E-state index is 0. The number of hydrogen-bond donors (Lipinski definition) is 2. The van der Waals surface area contributed by atoms with Crippen molar-refractivity contribution in [2.45, 2.75) is 63.6 Å². The molecule has 7 aromatic rings. The van der Waals surface area contributed by atoms with Gasteiger partial charge in [-0.1, -0.05) is 78.6 Å². The number of amides is 5. The van der Waals surface area contributed by atoms with Crippen LogP contribution in [0.1, 0.15) is 61.7 Å². The molecule has 0 saturated carbocycles. The number of aromatic nitrogens is 4. The molecule has 0 spiro atoms. The molecule has 0 bridgehead atoms. The van der Waals surface area contributed by atoms with Gasteiger partial charge in [-0.3, -0.25) is 51.5 Å². The van der Waals surface area contributed by atoms with Crippen molar-refractivity contribution >= 4 is 73.4 Å². The molecule has 1 aliphatic heterocycles. The number of unbranched alkanes of at least 4 members (excludes halogenated alkanes) is 3. The van der Waals surface area contributed by atoms with Gasteiger partial charge in [0.15, 0.2) is 0 Å². The summed E-state index contributed by atoms with van der Waals surface area (Å²) >= 11 is 0. The number of likely N-dealkylation sites (N-methyl/N-ethyl adjacent to an activating group) is 1. The van der Waals surface area contributed by atoms with E-state index in [1.165, 1.54) is 24.2 Å². The van der Waals surface area contributed by atoms with Gasteiger partial charge in [0, 0.05) is 125 Å². The first-order valence-corrected chi connectivity index (χ1v) is 26.2. The Morgan fingerprint density at radius 2 is 1.27 bits per heavy atom. The standard InChI is InChI=1S/C31H36N6O10S.2C11H6F2N.C2HF3O2.Ir/c1-36(24(38)8-4-2-3-5-9-27(41)47-37-25(39)12-13-26(37)40)18-17-34-31(43)23(19-48(44,45)46)35-30(42)22-14-16-33-29-21(22)11-10-20-7-6-15-32-28(20)29;2*12-8-4-5-9(10(13)7-8)11-3-1-2-6-14-11;3-2(4,5)1(6)7;/h6-7,10-11,14-16,23H,2-5,8-9,12-13,17-19H2,1H3,(H,34,43)(H,35,42)(H,44,45,46);2*1-4,6-7H;(H,6,7);/q;2*-1;;/p-2. The molecule has 1 unspecified atom stereocenters. The van der Waals surface area contributed by atoms with E-state index in [9.17, 15) is 72.5 Å². The molecular weight excluding hydrogens is 1320 g/mol. The van der Waals surface area contributed by atoms with Gasteiger partial charge in [-0.25, -0.2) is 13.2 Å². The number of hydroxylamine groups is 2. The fraction of sp³-hybridized carbons (Fsp3) is 0.255. The van der Waals surface area contributed by atoms with Crippen LogP contribution in [0.15, 0.2) is 116 Å². The van der Waals surface area contributed by atoms with E-state index in [4.69, 9.17) is 14.7 Å². The zero-order valence-corrected chi connectivity index (χ0v) is 47.0. The van der Waals surface area contributed by atoms with Crippen LogP contribution in [0, 0.1) is 35.4 Å². The average Bonchev–Trinajstić information content (AvgIpc) is 3.01. The van der Waals surface area contributed by atoms with Crippen molar-refractivity contribution < 1.29 is 107 Å². The molecule has 1 saturated heterocycles. The van der Waals surface area contributed by atoms with Crippen molar-refractivity contribution in [1.82, 2.24) is 40.5 Å². The smallest absolute Gasteiger partial charge is 0.430 e. The molecule has 1 aliphatic rings. The third kappa shape index (κ3) is 21.3. The minimum Gasteiger partial charge on any atom is -0.748 e. The van der Waals surface area contributed by atoms with Crippen LogP contribution in [0.3, 0.4) is 0 Å². The first-order chi connectivity index (χ1) is 39.3. The Hall–Kier alpha value is -8.66. The molecule has 29 heteroatoms. The van der Waals surface area contributed by atoms with Crippen LogP contribution in [0.5, 0.6) is 0 Å². The van der Waals surface area contributed by atoms with E-state index in [1.807, 2.05) is 6.07 Å². The fourth-order valence-electron chi connectivity index (χ4n) is 7.37. The molecule has 1 fully saturated rings. The van der Waals surface area contributed by atoms with Crippen molar-refractivity contribution in [2.24, 2.45) is 0 Å². The molecule has 0 aliphatic carbocycles. The molecular formula is C55H47F7IrN8O12S-4. The predicted octanol–water partition coefficient (Wildman–Crippen LogP) is 5.90. The van der Waals surface area contributed by atoms with Crippen molar-refractivity contribution in [3.8, 4) is 22.5 Å². The quantitative estimate of drug-likeness (QED) is 0.0252. The van der Waals surface area contributed by atoms with Crippen LogP contribution in [0.25, 0.3) is 44.3 Å². The van der Waals surface area contributed by atoms with Crippen LogP contribution in [0.2, 0.25) is 0 Å². The summed E-state index contributed by atoms with van der Waals surface area (Å²) in [7, 11) is -3.39. The Balaban J connectivity index is 0.000000335. The van der Waals surface area contributed by atoms with Gasteiger partial charge in [-0.2, -0.15) is 13.2 Å². The monoisotopic (exact) mass is 1370 g/mol. The Morgan fingerprint density at radius 3 is 1.79 bits per heavy atom. The molecule has 2 N–H and O–H groups in total. The van der Waals surface area contributed by atoms with E-state index in [1.54, 1.807) is 73.2 Å². The molecule has 20 nitrogen and oxygen atoms in total. The molecule has 447 valence electrons. The number of alkyl halides is 3. The normalized spacial score (nSPS) is 12.2. The summed E-state index contributed by atoms with van der Waals surface area (Å²) in [5.74, 6) is -10.4. The van der Waals surface area contributed by atoms with Crippen molar-refractivity contribution in [3.05, 3.63) is 157 Å². The first kappa shape index (κ1) is 67.8. The Labute approximate surface area is 487 Å². The maximum absolute atomic E-state index is 13.2. The number of fused-ring (bicyclic) bond motifs is 3. The van der Waals surface area contributed by atoms with E-state index < -0.39 is 86.9 Å². The van der Waals surface area contributed by atoms with E-state index >= 15 is 0 Å². The minimum atomic E-state index is -5.19. The number of carbonyl (C=O) groups excluding carboxylic acids is 7. The number of imide groups is 1. The number of halogens is 7. The average molecular weight is 1370 g/mol. The van der Waals surface area contributed by atoms with Crippen LogP contribution in [-0.4, -0.2) is 122 Å². The van der Waals surface area contributed by atoms with Crippen LogP contribution < -0.4 is 15.7 Å². The molecule has 84 heavy (non-hydrogen) atoms. The summed E-state index contributed by atoms with van der Waals surface area (Å²) in [4.78, 5) is 105. The van der Waals surface area contributed by atoms with Gasteiger partial charge in [0.1, 0.15) is 12.0 Å². The Kier molecular flexibility index (Phi) is 26.1. The largest absolute Gasteiger partial charge is 0.748 e. The second-order valence-electron chi connectivity index (χ2n) is 17.5. The summed E-state index contributed by atoms with van der Waals surface area (Å²) in [6, 6.07) is 25.8. The number of pyridine rings is 4. The summed E-state index contributed by atoms with van der Waals surface area (Å²) in [6.07, 6.45) is 3.36. The maximum atomic E-state index is 13.2. The van der Waals surface area contributed by atoms with Gasteiger partial charge >= 0.3 is 12.1 Å². The number of aliphatic carboxylic acids is 1. The van der Waals surface area contributed by atoms with Crippen molar-refractivity contribution in [3.63, 3.8) is 0 Å². The summed E-state index contributed by atoms with van der Waals surface area (Å²) in [6.45, 7) is -0.00343. The maximum Gasteiger partial charge on any atom is 0.430 e. The number of carbonyl (C=O) groups is 7. The van der Waals surface area contributed by atoms with E-state index in [0.29, 0.717) is 58.6 Å². The fourth-order valence-corrected chi connectivity index (χ4v) is 8.01. The zero-order valence-electron chi connectivity index (χ0n) is 43.8. The summed E-state index contributed by atoms with van der Waals surface area (Å²) in [5.41, 5.74) is 2.36. The van der Waals surface area contributed by atoms with Gasteiger partial charge in [0.25, 0.3) is 17.7 Å². The van der Waals surface area contributed by atoms with Gasteiger partial charge in [-0.05, 0) is 48.5 Å². The zero-order chi connectivity index (χ0) is 60.9. The van der Waals surface area contributed by atoms with E-state index in [-0.39, 0.29) is 81.5 Å². The van der Waals surface area contributed by atoms with Gasteiger partial charge < -0.3 is 44.8 Å². The third-order valence-electron chi connectivity index (χ3n) is 11.4. The summed E-state index contributed by atoms with van der Waals surface area (Å²) in [5, 5.41) is 15.3. The number of carboxylic acid groups (broad SMARTS) is 1. The number of nitrogens with zero attached hydrogens (tertiary/aromatic N) is 6. The third-order valence-corrected chi connectivity index (χ3v) is 12.1.